The molecule has 3 heterocycles. The van der Waals surface area contributed by atoms with Crippen LogP contribution in [-0.4, -0.2) is 86.9 Å². The van der Waals surface area contributed by atoms with Gasteiger partial charge in [0.1, 0.15) is 22.8 Å². The number of halogens is 2. The van der Waals surface area contributed by atoms with Crippen LogP contribution in [0.4, 0.5) is 25.2 Å². The molecule has 1 aliphatic heterocycles. The number of aromatic nitrogens is 3. The summed E-state index contributed by atoms with van der Waals surface area (Å²) in [5.41, 5.74) is -0.266. The van der Waals surface area contributed by atoms with Gasteiger partial charge in [0.2, 0.25) is 0 Å². The normalized spacial score (nSPS) is 23.9. The highest BCUT2D eigenvalue weighted by atomic mass is 19.3. The molecule has 2 amide bonds. The quantitative estimate of drug-likeness (QED) is 0.444. The minimum Gasteiger partial charge on any atom is -0.443 e. The van der Waals surface area contributed by atoms with Crippen LogP contribution in [0.2, 0.25) is 0 Å². The number of aliphatic imine (C=N–C) groups is 1. The average Bonchev–Trinajstić information content (AvgIpc) is 3.57. The van der Waals surface area contributed by atoms with Crippen molar-refractivity contribution in [2.24, 2.45) is 10.9 Å². The highest BCUT2D eigenvalue weighted by Crippen LogP contribution is 2.42. The maximum Gasteiger partial charge on any atom is 0.415 e. The first-order valence-electron chi connectivity index (χ1n) is 14.2. The lowest BCUT2D eigenvalue weighted by atomic mass is 9.86. The van der Waals surface area contributed by atoms with Gasteiger partial charge in [-0.1, -0.05) is 0 Å². The number of methoxy groups -OCH3 is 1. The van der Waals surface area contributed by atoms with Gasteiger partial charge in [-0.15, -0.1) is 0 Å². The molecule has 2 aliphatic carbocycles. The molecule has 43 heavy (non-hydrogen) atoms. The summed E-state index contributed by atoms with van der Waals surface area (Å²) in [6.07, 6.45) is 7.83. The molecule has 232 valence electrons. The van der Waals surface area contributed by atoms with Crippen LogP contribution in [0.15, 0.2) is 41.3 Å². The Balaban J connectivity index is 1.45. The smallest absolute Gasteiger partial charge is 0.415 e. The lowest BCUT2D eigenvalue weighted by Crippen LogP contribution is -2.53. The molecule has 0 radical (unpaired) electrons. The molecule has 12 nitrogen and oxygen atoms in total. The Morgan fingerprint density at radius 1 is 1.28 bits per heavy atom. The highest BCUT2D eigenvalue weighted by molar-refractivity contribution is 6.04. The molecule has 2 unspecified atom stereocenters. The first-order valence-corrected chi connectivity index (χ1v) is 14.2. The standard InChI is InChI=1S/C29H37F2N7O5/c1-28(2,3)43-27(41)36(4)23-12-22(34-21-7-6-10-37(26(21)40)18-13-29(30,31)14-18)35-24-20(16-33-38(23)24)25(39)32-15-17-8-9-19(11-17)42-5/h6-7,10,12,15-19,26,40H,8-9,11,13-14H2,1-5H3,(H,34,35)/b32-15+/t17?,19-,26?/m0/s1. The third kappa shape index (κ3) is 6.69. The monoisotopic (exact) mass is 601 g/mol. The van der Waals surface area contributed by atoms with E-state index in [0.717, 1.165) is 19.3 Å². The van der Waals surface area contributed by atoms with Gasteiger partial charge in [0.15, 0.2) is 11.9 Å². The van der Waals surface area contributed by atoms with Crippen LogP contribution in [0.3, 0.4) is 0 Å². The molecule has 5 rings (SSSR count). The van der Waals surface area contributed by atoms with E-state index in [1.807, 2.05) is 0 Å². The van der Waals surface area contributed by atoms with Gasteiger partial charge >= 0.3 is 6.09 Å². The number of amides is 2. The maximum atomic E-state index is 13.5. The summed E-state index contributed by atoms with van der Waals surface area (Å²) >= 11 is 0. The Morgan fingerprint density at radius 3 is 2.67 bits per heavy atom. The van der Waals surface area contributed by atoms with E-state index in [1.165, 1.54) is 33.6 Å². The summed E-state index contributed by atoms with van der Waals surface area (Å²) in [7, 11) is 3.16. The fourth-order valence-corrected chi connectivity index (χ4v) is 5.38. The van der Waals surface area contributed by atoms with Gasteiger partial charge in [-0.3, -0.25) is 9.69 Å². The second-order valence-corrected chi connectivity index (χ2v) is 12.2. The molecule has 14 heteroatoms. The molecular formula is C29H37F2N7O5. The lowest BCUT2D eigenvalue weighted by Gasteiger charge is -2.45. The summed E-state index contributed by atoms with van der Waals surface area (Å²) in [6.45, 7) is 5.22. The zero-order valence-electron chi connectivity index (χ0n) is 24.8. The molecule has 0 aromatic carbocycles. The number of rotatable bonds is 7. The minimum absolute atomic E-state index is 0.108. The molecule has 2 aromatic heterocycles. The van der Waals surface area contributed by atoms with Crippen LogP contribution < -0.4 is 10.2 Å². The van der Waals surface area contributed by atoms with E-state index in [2.05, 4.69) is 20.4 Å². The van der Waals surface area contributed by atoms with Crippen molar-refractivity contribution in [1.29, 1.82) is 0 Å². The molecule has 2 saturated carbocycles. The second kappa shape index (κ2) is 11.6. The van der Waals surface area contributed by atoms with Crippen molar-refractivity contribution in [1.82, 2.24) is 19.5 Å². The Hall–Kier alpha value is -3.91. The molecule has 2 N–H and O–H groups in total. The summed E-state index contributed by atoms with van der Waals surface area (Å²) in [5.74, 6) is -2.79. The number of hydrogen-bond acceptors (Lipinski definition) is 9. The fourth-order valence-electron chi connectivity index (χ4n) is 5.38. The van der Waals surface area contributed by atoms with E-state index in [-0.39, 0.29) is 53.4 Å². The maximum absolute atomic E-state index is 13.5. The predicted octanol–water partition coefficient (Wildman–Crippen LogP) is 4.37. The summed E-state index contributed by atoms with van der Waals surface area (Å²) in [4.78, 5) is 37.7. The van der Waals surface area contributed by atoms with Gasteiger partial charge in [-0.05, 0) is 58.1 Å². The number of aliphatic hydroxyl groups excluding tert-OH is 1. The van der Waals surface area contributed by atoms with Crippen LogP contribution >= 0.6 is 0 Å². The fraction of sp³-hybridized carbons (Fsp3) is 0.552. The predicted molar refractivity (Wildman–Crippen MR) is 155 cm³/mol. The molecule has 0 spiro atoms. The van der Waals surface area contributed by atoms with Crippen LogP contribution in [0.5, 0.6) is 0 Å². The van der Waals surface area contributed by atoms with Crippen LogP contribution in [-0.2, 0) is 9.47 Å². The second-order valence-electron chi connectivity index (χ2n) is 12.2. The number of hydrogen-bond donors (Lipinski definition) is 2. The van der Waals surface area contributed by atoms with Crippen molar-refractivity contribution in [3.8, 4) is 0 Å². The molecular weight excluding hydrogens is 564 g/mol. The summed E-state index contributed by atoms with van der Waals surface area (Å²) in [6, 6.07) is 0.991. The molecule has 3 aliphatic rings. The van der Waals surface area contributed by atoms with Gasteiger partial charge in [-0.2, -0.15) is 9.61 Å². The Bertz CT molecular complexity index is 1470. The molecule has 0 bridgehead atoms. The van der Waals surface area contributed by atoms with Crippen molar-refractivity contribution < 1.29 is 33.0 Å². The van der Waals surface area contributed by atoms with Crippen LogP contribution in [0, 0.1) is 5.92 Å². The first-order chi connectivity index (χ1) is 20.2. The Kier molecular flexibility index (Phi) is 8.27. The minimum atomic E-state index is -2.75. The third-order valence-corrected chi connectivity index (χ3v) is 7.71. The number of nitrogens with zero attached hydrogens (tertiary/aromatic N) is 6. The van der Waals surface area contributed by atoms with Crippen LogP contribution in [0.1, 0.15) is 63.2 Å². The van der Waals surface area contributed by atoms with Gasteiger partial charge < -0.3 is 24.8 Å². The molecule has 0 saturated heterocycles. The number of nitrogens with one attached hydrogen (secondary N) is 1. The van der Waals surface area contributed by atoms with Crippen molar-refractivity contribution in [3.63, 3.8) is 0 Å². The van der Waals surface area contributed by atoms with Gasteiger partial charge in [-0.25, -0.2) is 23.6 Å². The number of aliphatic hydroxyl groups is 1. The number of anilines is 2. The van der Waals surface area contributed by atoms with E-state index >= 15 is 0 Å². The van der Waals surface area contributed by atoms with E-state index in [0.29, 0.717) is 0 Å². The van der Waals surface area contributed by atoms with Crippen LogP contribution in [0.25, 0.3) is 5.65 Å². The number of alkyl halides is 2. The van der Waals surface area contributed by atoms with E-state index < -0.39 is 35.8 Å². The first kappa shape index (κ1) is 30.5. The molecule has 2 aromatic rings. The van der Waals surface area contributed by atoms with Crippen molar-refractivity contribution >= 4 is 35.5 Å². The average molecular weight is 602 g/mol. The third-order valence-electron chi connectivity index (χ3n) is 7.71. The number of ether oxygens (including phenoxy) is 2. The number of allylic oxidation sites excluding steroid dienone is 2. The number of carbonyl (C=O) groups excluding carboxylic acids is 2. The Labute approximate surface area is 248 Å². The highest BCUT2D eigenvalue weighted by Gasteiger charge is 2.49. The van der Waals surface area contributed by atoms with Crippen molar-refractivity contribution in [3.05, 3.63) is 41.9 Å². The summed E-state index contributed by atoms with van der Waals surface area (Å²) < 4.78 is 39.3. The van der Waals surface area contributed by atoms with Gasteiger partial charge in [0, 0.05) is 51.5 Å². The zero-order valence-corrected chi connectivity index (χ0v) is 24.8. The topological polar surface area (TPSA) is 134 Å². The van der Waals surface area contributed by atoms with Gasteiger partial charge in [0.25, 0.3) is 11.8 Å². The van der Waals surface area contributed by atoms with E-state index in [9.17, 15) is 23.5 Å². The lowest BCUT2D eigenvalue weighted by molar-refractivity contribution is -0.136. The van der Waals surface area contributed by atoms with E-state index in [4.69, 9.17) is 9.47 Å². The Morgan fingerprint density at radius 2 is 2.02 bits per heavy atom. The number of fused-ring (bicyclic) bond motifs is 1. The number of carbonyl (C=O) groups is 2. The van der Waals surface area contributed by atoms with Crippen molar-refractivity contribution in [2.75, 3.05) is 24.4 Å². The zero-order chi connectivity index (χ0) is 31.1. The van der Waals surface area contributed by atoms with Gasteiger partial charge in [0.05, 0.1) is 18.0 Å². The SMILES string of the molecule is CO[C@H]1CCC(/C=N/C(=O)c2cnn3c(N(C)C(=O)OC(C)(C)C)cc(NC4=CC=CN(C5CC(F)(F)C5)C4O)nc23)C1. The molecule has 2 fully saturated rings. The molecule has 3 atom stereocenters. The largest absolute Gasteiger partial charge is 0.443 e. The van der Waals surface area contributed by atoms with E-state index in [1.54, 1.807) is 52.4 Å². The van der Waals surface area contributed by atoms with Crippen molar-refractivity contribution in [2.45, 2.75) is 82.8 Å². The summed E-state index contributed by atoms with van der Waals surface area (Å²) in [5, 5.41) is 18.4.